The van der Waals surface area contributed by atoms with E-state index in [0.29, 0.717) is 49.3 Å². The smallest absolute Gasteiger partial charge is 0.303 e. The summed E-state index contributed by atoms with van der Waals surface area (Å²) in [4.78, 5) is 20.8. The van der Waals surface area contributed by atoms with E-state index < -0.39 is 5.97 Å². The molecule has 2 aromatic heterocycles. The third-order valence-electron chi connectivity index (χ3n) is 6.16. The van der Waals surface area contributed by atoms with E-state index in [1.165, 1.54) is 0 Å². The van der Waals surface area contributed by atoms with Crippen LogP contribution in [0, 0.1) is 0 Å². The van der Waals surface area contributed by atoms with E-state index in [1.807, 2.05) is 18.2 Å². The molecule has 0 aliphatic carbocycles. The van der Waals surface area contributed by atoms with Gasteiger partial charge in [-0.05, 0) is 55.5 Å². The van der Waals surface area contributed by atoms with Gasteiger partial charge in [0.1, 0.15) is 13.2 Å². The number of aromatic nitrogens is 3. The molecule has 2 aliphatic rings. The van der Waals surface area contributed by atoms with Crippen molar-refractivity contribution in [2.24, 2.45) is 0 Å². The van der Waals surface area contributed by atoms with Crippen LogP contribution < -0.4 is 14.8 Å². The first-order chi connectivity index (χ1) is 16.6. The Morgan fingerprint density at radius 3 is 2.80 bits per heavy atom. The number of hydrogen-bond acceptors (Lipinski definition) is 8. The molecule has 0 amide bonds. The lowest BCUT2D eigenvalue weighted by molar-refractivity contribution is -0.137. The Bertz CT molecular complexity index is 1170. The fraction of sp³-hybridized carbons (Fsp3) is 0.440. The van der Waals surface area contributed by atoms with Gasteiger partial charge < -0.3 is 24.4 Å². The van der Waals surface area contributed by atoms with Gasteiger partial charge in [0.05, 0.1) is 17.8 Å². The minimum Gasteiger partial charge on any atom is -0.486 e. The first-order valence-electron chi connectivity index (χ1n) is 11.8. The van der Waals surface area contributed by atoms with Crippen LogP contribution >= 0.6 is 12.4 Å². The van der Waals surface area contributed by atoms with Crippen molar-refractivity contribution in [2.75, 3.05) is 25.1 Å². The standard InChI is InChI=1S/C25H28N4O5.ClH/c30-25(31)15-17(16-6-9-21-22(13-16)33-12-11-32-21)14-24-28-23(29-34-24)5-1-3-18-7-8-19-20(27-18)4-2-10-26-19;/h6-9,13,17,26H,1-5,10-12,14-15H2,(H,30,31);1H. The second-order valence-corrected chi connectivity index (χ2v) is 8.69. The van der Waals surface area contributed by atoms with Crippen molar-refractivity contribution in [3.63, 3.8) is 0 Å². The summed E-state index contributed by atoms with van der Waals surface area (Å²) in [5.74, 6) is 1.19. The predicted molar refractivity (Wildman–Crippen MR) is 131 cm³/mol. The highest BCUT2D eigenvalue weighted by molar-refractivity contribution is 5.85. The molecule has 186 valence electrons. The van der Waals surface area contributed by atoms with Gasteiger partial charge in [-0.1, -0.05) is 11.2 Å². The molecule has 0 spiro atoms. The zero-order chi connectivity index (χ0) is 23.3. The zero-order valence-corrected chi connectivity index (χ0v) is 20.2. The molecular formula is C25H29ClN4O5. The number of rotatable bonds is 9. The van der Waals surface area contributed by atoms with Crippen molar-refractivity contribution in [2.45, 2.75) is 50.9 Å². The summed E-state index contributed by atoms with van der Waals surface area (Å²) < 4.78 is 16.7. The highest BCUT2D eigenvalue weighted by atomic mass is 35.5. The quantitative estimate of drug-likeness (QED) is 0.449. The third kappa shape index (κ3) is 6.22. The Labute approximate surface area is 209 Å². The van der Waals surface area contributed by atoms with E-state index in [4.69, 9.17) is 19.0 Å². The highest BCUT2D eigenvalue weighted by Crippen LogP contribution is 2.35. The number of pyridine rings is 1. The van der Waals surface area contributed by atoms with Crippen molar-refractivity contribution >= 4 is 24.1 Å². The van der Waals surface area contributed by atoms with E-state index in [-0.39, 0.29) is 24.7 Å². The molecule has 9 nitrogen and oxygen atoms in total. The summed E-state index contributed by atoms with van der Waals surface area (Å²) in [5.41, 5.74) is 4.21. The molecule has 2 aliphatic heterocycles. The number of carboxylic acids is 1. The molecule has 0 saturated carbocycles. The van der Waals surface area contributed by atoms with Gasteiger partial charge in [0.2, 0.25) is 5.89 Å². The van der Waals surface area contributed by atoms with Gasteiger partial charge in [-0.3, -0.25) is 9.78 Å². The number of anilines is 1. The van der Waals surface area contributed by atoms with Gasteiger partial charge in [-0.15, -0.1) is 12.4 Å². The molecule has 5 rings (SSSR count). The number of aryl methyl sites for hydroxylation is 3. The molecule has 0 radical (unpaired) electrons. The Kier molecular flexibility index (Phi) is 8.07. The third-order valence-corrected chi connectivity index (χ3v) is 6.16. The lowest BCUT2D eigenvalue weighted by Gasteiger charge is -2.21. The number of aliphatic carboxylic acids is 1. The van der Waals surface area contributed by atoms with E-state index in [0.717, 1.165) is 54.9 Å². The summed E-state index contributed by atoms with van der Waals surface area (Å²) >= 11 is 0. The molecule has 2 N–H and O–H groups in total. The molecule has 0 fully saturated rings. The minimum absolute atomic E-state index is 0. The molecule has 4 heterocycles. The lowest BCUT2D eigenvalue weighted by Crippen LogP contribution is -2.16. The van der Waals surface area contributed by atoms with E-state index in [9.17, 15) is 9.90 Å². The van der Waals surface area contributed by atoms with Crippen molar-refractivity contribution in [3.05, 3.63) is 59.0 Å². The van der Waals surface area contributed by atoms with Crippen LogP contribution in [0.3, 0.4) is 0 Å². The van der Waals surface area contributed by atoms with Crippen molar-refractivity contribution < 1.29 is 23.9 Å². The topological polar surface area (TPSA) is 120 Å². The van der Waals surface area contributed by atoms with Gasteiger partial charge in [0.25, 0.3) is 0 Å². The predicted octanol–water partition coefficient (Wildman–Crippen LogP) is 3.99. The molecule has 0 bridgehead atoms. The molecule has 1 atom stereocenters. The van der Waals surface area contributed by atoms with Crippen LogP contribution in [0.5, 0.6) is 11.5 Å². The van der Waals surface area contributed by atoms with Crippen LogP contribution in [0.25, 0.3) is 0 Å². The summed E-state index contributed by atoms with van der Waals surface area (Å²) in [5, 5.41) is 16.9. The number of benzene rings is 1. The molecule has 0 saturated heterocycles. The number of halogens is 1. The summed E-state index contributed by atoms with van der Waals surface area (Å²) in [6.07, 6.45) is 4.81. The molecule has 35 heavy (non-hydrogen) atoms. The monoisotopic (exact) mass is 500 g/mol. The maximum absolute atomic E-state index is 11.5. The van der Waals surface area contributed by atoms with E-state index in [1.54, 1.807) is 0 Å². The van der Waals surface area contributed by atoms with Crippen molar-refractivity contribution in [3.8, 4) is 11.5 Å². The first kappa shape index (κ1) is 24.8. The number of nitrogens with zero attached hydrogens (tertiary/aromatic N) is 3. The maximum Gasteiger partial charge on any atom is 0.303 e. The second kappa shape index (κ2) is 11.4. The number of carbonyl (C=O) groups is 1. The number of hydrogen-bond donors (Lipinski definition) is 2. The summed E-state index contributed by atoms with van der Waals surface area (Å²) in [6.45, 7) is 2.00. The number of nitrogens with one attached hydrogen (secondary N) is 1. The molecule has 1 unspecified atom stereocenters. The van der Waals surface area contributed by atoms with E-state index >= 15 is 0 Å². The number of fused-ring (bicyclic) bond motifs is 2. The fourth-order valence-corrected chi connectivity index (χ4v) is 4.46. The Hall–Kier alpha value is -3.33. The summed E-state index contributed by atoms with van der Waals surface area (Å²) in [7, 11) is 0. The van der Waals surface area contributed by atoms with Gasteiger partial charge in [-0.2, -0.15) is 4.98 Å². The maximum atomic E-state index is 11.5. The molecule has 1 aromatic carbocycles. The van der Waals surface area contributed by atoms with Crippen LogP contribution in [0.15, 0.2) is 34.9 Å². The van der Waals surface area contributed by atoms with Crippen molar-refractivity contribution in [1.29, 1.82) is 0 Å². The first-order valence-corrected chi connectivity index (χ1v) is 11.8. The second-order valence-electron chi connectivity index (χ2n) is 8.69. The number of carboxylic acid groups (broad SMARTS) is 1. The zero-order valence-electron chi connectivity index (χ0n) is 19.4. The van der Waals surface area contributed by atoms with Crippen LogP contribution in [0.1, 0.15) is 53.8 Å². The van der Waals surface area contributed by atoms with Gasteiger partial charge in [0, 0.05) is 31.0 Å². The molecule has 10 heteroatoms. The molecule has 3 aromatic rings. The highest BCUT2D eigenvalue weighted by Gasteiger charge is 2.22. The van der Waals surface area contributed by atoms with Crippen LogP contribution in [0.4, 0.5) is 5.69 Å². The SMILES string of the molecule is Cl.O=C(O)CC(Cc1nc(CCCc2ccc3c(n2)CCCN3)no1)c1ccc2c(c1)OCCO2. The Balaban J connectivity index is 0.00000289. The number of ether oxygens (including phenoxy) is 2. The molecular weight excluding hydrogens is 472 g/mol. The average molecular weight is 501 g/mol. The van der Waals surface area contributed by atoms with Crippen LogP contribution in [0.2, 0.25) is 0 Å². The average Bonchev–Trinajstić information content (AvgIpc) is 3.30. The Morgan fingerprint density at radius 2 is 1.94 bits per heavy atom. The minimum atomic E-state index is -0.882. The van der Waals surface area contributed by atoms with Gasteiger partial charge >= 0.3 is 5.97 Å². The van der Waals surface area contributed by atoms with Gasteiger partial charge in [0.15, 0.2) is 17.3 Å². The fourth-order valence-electron chi connectivity index (χ4n) is 4.46. The largest absolute Gasteiger partial charge is 0.486 e. The summed E-state index contributed by atoms with van der Waals surface area (Å²) in [6, 6.07) is 9.73. The van der Waals surface area contributed by atoms with E-state index in [2.05, 4.69) is 27.6 Å². The van der Waals surface area contributed by atoms with Gasteiger partial charge in [-0.25, -0.2) is 0 Å². The normalized spacial score (nSPS) is 14.9. The lowest BCUT2D eigenvalue weighted by atomic mass is 9.92. The van der Waals surface area contributed by atoms with Crippen molar-refractivity contribution in [1.82, 2.24) is 15.1 Å². The van der Waals surface area contributed by atoms with Crippen LogP contribution in [-0.4, -0.2) is 46.0 Å². The Morgan fingerprint density at radius 1 is 1.09 bits per heavy atom. The van der Waals surface area contributed by atoms with Crippen LogP contribution in [-0.2, 0) is 30.5 Å².